The maximum absolute atomic E-state index is 13.1. The van der Waals surface area contributed by atoms with E-state index in [4.69, 9.17) is 22.3 Å². The summed E-state index contributed by atoms with van der Waals surface area (Å²) < 4.78 is 0. The molecule has 0 spiro atoms. The van der Waals surface area contributed by atoms with Gasteiger partial charge >= 0.3 is 5.97 Å². The van der Waals surface area contributed by atoms with Crippen molar-refractivity contribution in [3.63, 3.8) is 0 Å². The number of hydrogen-bond acceptors (Lipinski definition) is 7. The van der Waals surface area contributed by atoms with Crippen molar-refractivity contribution in [2.75, 3.05) is 13.1 Å². The first kappa shape index (κ1) is 30.2. The molecule has 0 saturated carbocycles. The van der Waals surface area contributed by atoms with Crippen LogP contribution < -0.4 is 33.2 Å². The van der Waals surface area contributed by atoms with E-state index in [1.807, 2.05) is 6.92 Å². The summed E-state index contributed by atoms with van der Waals surface area (Å²) in [5.41, 5.74) is 17.4. The van der Waals surface area contributed by atoms with Crippen molar-refractivity contribution in [2.45, 2.75) is 57.7 Å². The zero-order valence-electron chi connectivity index (χ0n) is 20.6. The number of guanidine groups is 1. The molecule has 13 heteroatoms. The van der Waals surface area contributed by atoms with Crippen LogP contribution in [0.2, 0.25) is 0 Å². The minimum absolute atomic E-state index is 0.0884. The first-order valence-electron chi connectivity index (χ1n) is 11.6. The molecule has 1 aromatic rings. The van der Waals surface area contributed by atoms with Gasteiger partial charge in [-0.1, -0.05) is 32.4 Å². The normalized spacial score (nSPS) is 14.0. The monoisotopic (exact) mass is 507 g/mol. The highest BCUT2D eigenvalue weighted by Crippen LogP contribution is 2.13. The molecule has 0 aliphatic carbocycles. The zero-order chi connectivity index (χ0) is 27.3. The Morgan fingerprint density at radius 3 is 2.22 bits per heavy atom. The van der Waals surface area contributed by atoms with Crippen LogP contribution >= 0.6 is 0 Å². The van der Waals surface area contributed by atoms with Crippen molar-refractivity contribution >= 4 is 29.7 Å². The van der Waals surface area contributed by atoms with E-state index in [-0.39, 0.29) is 37.0 Å². The number of carbonyl (C=O) groups excluding carboxylic acids is 3. The Bertz CT molecular complexity index is 918. The number of amides is 3. The summed E-state index contributed by atoms with van der Waals surface area (Å²) in [6.45, 7) is 3.21. The maximum Gasteiger partial charge on any atom is 0.322 e. The van der Waals surface area contributed by atoms with Gasteiger partial charge < -0.3 is 43.4 Å². The van der Waals surface area contributed by atoms with Crippen LogP contribution in [0.15, 0.2) is 29.3 Å². The number of carboxylic acids is 1. The summed E-state index contributed by atoms with van der Waals surface area (Å²) in [7, 11) is 0. The van der Waals surface area contributed by atoms with Crippen molar-refractivity contribution in [3.8, 4) is 5.75 Å². The average molecular weight is 508 g/mol. The van der Waals surface area contributed by atoms with Crippen molar-refractivity contribution < 1.29 is 29.4 Å². The summed E-state index contributed by atoms with van der Waals surface area (Å²) in [6, 6.07) is 3.24. The molecule has 0 aromatic heterocycles. The summed E-state index contributed by atoms with van der Waals surface area (Å²) >= 11 is 0. The number of carbonyl (C=O) groups is 4. The number of phenols is 1. The lowest BCUT2D eigenvalue weighted by molar-refractivity contribution is -0.138. The first-order chi connectivity index (χ1) is 16.9. The van der Waals surface area contributed by atoms with E-state index >= 15 is 0 Å². The smallest absolute Gasteiger partial charge is 0.322 e. The van der Waals surface area contributed by atoms with Gasteiger partial charge in [0.15, 0.2) is 5.96 Å². The van der Waals surface area contributed by atoms with Gasteiger partial charge in [-0.2, -0.15) is 0 Å². The number of aliphatic carboxylic acids is 1. The van der Waals surface area contributed by atoms with E-state index in [0.717, 1.165) is 5.56 Å². The molecular formula is C23H37N7O6. The Labute approximate surface area is 209 Å². The average Bonchev–Trinajstić information content (AvgIpc) is 2.83. The third-order valence-corrected chi connectivity index (χ3v) is 5.51. The second-order valence-corrected chi connectivity index (χ2v) is 8.47. The van der Waals surface area contributed by atoms with Gasteiger partial charge in [0.25, 0.3) is 0 Å². The molecule has 0 fully saturated rings. The quantitative estimate of drug-likeness (QED) is 0.0784. The molecule has 4 unspecified atom stereocenters. The van der Waals surface area contributed by atoms with Crippen molar-refractivity contribution in [3.05, 3.63) is 29.8 Å². The number of rotatable bonds is 15. The molecule has 36 heavy (non-hydrogen) atoms. The van der Waals surface area contributed by atoms with Gasteiger partial charge in [-0.3, -0.25) is 24.2 Å². The molecule has 1 rings (SSSR count). The van der Waals surface area contributed by atoms with Crippen LogP contribution in [0.4, 0.5) is 0 Å². The Balaban J connectivity index is 2.92. The highest BCUT2D eigenvalue weighted by atomic mass is 16.4. The zero-order valence-corrected chi connectivity index (χ0v) is 20.6. The molecule has 0 saturated heterocycles. The molecule has 4 atom stereocenters. The predicted molar refractivity (Wildman–Crippen MR) is 134 cm³/mol. The highest BCUT2D eigenvalue weighted by molar-refractivity contribution is 5.93. The van der Waals surface area contributed by atoms with Crippen LogP contribution in [-0.2, 0) is 25.6 Å². The van der Waals surface area contributed by atoms with Gasteiger partial charge in [-0.15, -0.1) is 0 Å². The molecule has 0 heterocycles. The Kier molecular flexibility index (Phi) is 12.7. The number of nitrogens with one attached hydrogen (secondary N) is 3. The van der Waals surface area contributed by atoms with Gasteiger partial charge in [-0.25, -0.2) is 0 Å². The third-order valence-electron chi connectivity index (χ3n) is 5.51. The molecule has 11 N–H and O–H groups in total. The summed E-state index contributed by atoms with van der Waals surface area (Å²) in [5.74, 6) is -3.40. The van der Waals surface area contributed by atoms with Crippen LogP contribution in [0.1, 0.15) is 38.7 Å². The number of nitrogens with two attached hydrogens (primary N) is 3. The molecular weight excluding hydrogens is 470 g/mol. The van der Waals surface area contributed by atoms with Gasteiger partial charge in [0.05, 0.1) is 6.04 Å². The fourth-order valence-electron chi connectivity index (χ4n) is 3.26. The fourth-order valence-corrected chi connectivity index (χ4v) is 3.26. The topological polar surface area (TPSA) is 235 Å². The van der Waals surface area contributed by atoms with Gasteiger partial charge in [0.1, 0.15) is 24.4 Å². The Hall–Kier alpha value is -3.87. The molecule has 0 radical (unpaired) electrons. The number of carboxylic acid groups (broad SMARTS) is 1. The fraction of sp³-hybridized carbons (Fsp3) is 0.522. The minimum atomic E-state index is -1.23. The number of aromatic hydroxyl groups is 1. The number of nitrogens with zero attached hydrogens (tertiary/aromatic N) is 1. The molecule has 0 aliphatic heterocycles. The van der Waals surface area contributed by atoms with Crippen LogP contribution in [0.3, 0.4) is 0 Å². The van der Waals surface area contributed by atoms with E-state index in [9.17, 15) is 24.3 Å². The number of phenolic OH excluding ortho intramolecular Hbond substituents is 1. The largest absolute Gasteiger partial charge is 0.508 e. The predicted octanol–water partition coefficient (Wildman–Crippen LogP) is -1.47. The van der Waals surface area contributed by atoms with E-state index in [0.29, 0.717) is 12.8 Å². The van der Waals surface area contributed by atoms with Gasteiger partial charge in [0.2, 0.25) is 17.7 Å². The third kappa shape index (κ3) is 11.0. The van der Waals surface area contributed by atoms with E-state index in [1.54, 1.807) is 19.1 Å². The van der Waals surface area contributed by atoms with Gasteiger partial charge in [0, 0.05) is 6.54 Å². The van der Waals surface area contributed by atoms with Crippen molar-refractivity contribution in [2.24, 2.45) is 28.1 Å². The second-order valence-electron chi connectivity index (χ2n) is 8.47. The summed E-state index contributed by atoms with van der Waals surface area (Å²) in [4.78, 5) is 53.1. The number of hydrogen-bond donors (Lipinski definition) is 8. The maximum atomic E-state index is 13.1. The summed E-state index contributed by atoms with van der Waals surface area (Å²) in [6.07, 6.45) is 1.20. The molecule has 13 nitrogen and oxygen atoms in total. The lowest BCUT2D eigenvalue weighted by Gasteiger charge is -2.27. The lowest BCUT2D eigenvalue weighted by atomic mass is 9.96. The Morgan fingerprint density at radius 2 is 1.67 bits per heavy atom. The van der Waals surface area contributed by atoms with Crippen LogP contribution in [0, 0.1) is 5.92 Å². The highest BCUT2D eigenvalue weighted by Gasteiger charge is 2.31. The number of benzene rings is 1. The molecule has 0 bridgehead atoms. The van der Waals surface area contributed by atoms with Crippen molar-refractivity contribution in [1.82, 2.24) is 16.0 Å². The van der Waals surface area contributed by atoms with Crippen LogP contribution in [-0.4, -0.2) is 71.1 Å². The van der Waals surface area contributed by atoms with E-state index in [2.05, 4.69) is 20.9 Å². The standard InChI is InChI=1S/C23H37N7O6/c1-3-13(2)19(30-20(34)16(24)11-14-6-8-15(31)9-7-14)22(36)29-17(5-4-10-27-23(25)26)21(35)28-12-18(32)33/h6-9,13,16-17,19,31H,3-5,10-12,24H2,1-2H3,(H,28,35)(H,29,36)(H,30,34)(H,32,33)(H4,25,26,27). The first-order valence-corrected chi connectivity index (χ1v) is 11.6. The van der Waals surface area contributed by atoms with Crippen LogP contribution in [0.25, 0.3) is 0 Å². The minimum Gasteiger partial charge on any atom is -0.508 e. The van der Waals surface area contributed by atoms with Gasteiger partial charge in [-0.05, 0) is 42.9 Å². The van der Waals surface area contributed by atoms with Crippen molar-refractivity contribution in [1.29, 1.82) is 0 Å². The SMILES string of the molecule is CCC(C)C(NC(=O)C(N)Cc1ccc(O)cc1)C(=O)NC(CCCN=C(N)N)C(=O)NCC(=O)O. The number of aliphatic imine (C=N–C) groups is 1. The summed E-state index contributed by atoms with van der Waals surface area (Å²) in [5, 5.41) is 25.8. The van der Waals surface area contributed by atoms with Crippen LogP contribution in [0.5, 0.6) is 5.75 Å². The Morgan fingerprint density at radius 1 is 1.03 bits per heavy atom. The molecule has 200 valence electrons. The molecule has 3 amide bonds. The van der Waals surface area contributed by atoms with E-state index < -0.39 is 48.4 Å². The molecule has 1 aromatic carbocycles. The van der Waals surface area contributed by atoms with E-state index in [1.165, 1.54) is 12.1 Å². The second kappa shape index (κ2) is 15.2. The lowest BCUT2D eigenvalue weighted by Crippen LogP contribution is -2.58. The molecule has 0 aliphatic rings.